The van der Waals surface area contributed by atoms with Gasteiger partial charge in [-0.3, -0.25) is 0 Å². The topological polar surface area (TPSA) is 91.3 Å². The quantitative estimate of drug-likeness (QED) is 0.536. The van der Waals surface area contributed by atoms with E-state index in [0.29, 0.717) is 11.3 Å². The molecule has 3 aliphatic rings. The first-order chi connectivity index (χ1) is 15.6. The molecular formula is C22H25BrN6O2S. The largest absolute Gasteiger partial charge is 0.454 e. The van der Waals surface area contributed by atoms with E-state index in [0.717, 1.165) is 62.6 Å². The van der Waals surface area contributed by atoms with Crippen molar-refractivity contribution < 1.29 is 9.47 Å². The van der Waals surface area contributed by atoms with Crippen LogP contribution in [-0.4, -0.2) is 50.3 Å². The van der Waals surface area contributed by atoms with Crippen LogP contribution in [0.4, 0.5) is 5.82 Å². The minimum atomic E-state index is 0.249. The Morgan fingerprint density at radius 3 is 2.69 bits per heavy atom. The van der Waals surface area contributed by atoms with Gasteiger partial charge < -0.3 is 24.7 Å². The Balaban J connectivity index is 1.30. The van der Waals surface area contributed by atoms with Gasteiger partial charge in [0, 0.05) is 28.0 Å². The molecule has 2 N–H and O–H groups in total. The first-order valence-electron chi connectivity index (χ1n) is 11.0. The molecule has 0 radical (unpaired) electrons. The number of aryl methyl sites for hydroxylation is 1. The third-order valence-electron chi connectivity index (χ3n) is 7.11. The zero-order valence-corrected chi connectivity index (χ0v) is 20.2. The molecule has 168 valence electrons. The van der Waals surface area contributed by atoms with Gasteiger partial charge in [-0.25, -0.2) is 15.0 Å². The molecule has 32 heavy (non-hydrogen) atoms. The molecule has 2 aromatic heterocycles. The molecule has 0 amide bonds. The third kappa shape index (κ3) is 3.52. The van der Waals surface area contributed by atoms with E-state index in [9.17, 15) is 0 Å². The second kappa shape index (κ2) is 8.07. The van der Waals surface area contributed by atoms with Crippen molar-refractivity contribution in [3.05, 3.63) is 22.9 Å². The molecule has 0 unspecified atom stereocenters. The second-order valence-electron chi connectivity index (χ2n) is 8.89. The van der Waals surface area contributed by atoms with Gasteiger partial charge in [-0.05, 0) is 73.1 Å². The zero-order valence-electron chi connectivity index (χ0n) is 17.8. The summed E-state index contributed by atoms with van der Waals surface area (Å²) in [4.78, 5) is 17.1. The average molecular weight is 517 g/mol. The number of imidazole rings is 1. The fourth-order valence-corrected chi connectivity index (χ4v) is 6.87. The first kappa shape index (κ1) is 20.6. The van der Waals surface area contributed by atoms with Crippen LogP contribution < -0.4 is 15.2 Å². The van der Waals surface area contributed by atoms with E-state index < -0.39 is 0 Å². The Morgan fingerprint density at radius 2 is 1.91 bits per heavy atom. The van der Waals surface area contributed by atoms with E-state index in [4.69, 9.17) is 20.2 Å². The summed E-state index contributed by atoms with van der Waals surface area (Å²) in [7, 11) is 2.29. The maximum absolute atomic E-state index is 6.15. The number of fused-ring (bicyclic) bond motifs is 4. The Labute approximate surface area is 199 Å². The molecule has 8 nitrogen and oxygen atoms in total. The molecule has 2 bridgehead atoms. The smallest absolute Gasteiger partial charge is 0.231 e. The van der Waals surface area contributed by atoms with Gasteiger partial charge in [-0.1, -0.05) is 11.8 Å². The van der Waals surface area contributed by atoms with Gasteiger partial charge in [0.25, 0.3) is 0 Å². The van der Waals surface area contributed by atoms with Crippen molar-refractivity contribution in [2.24, 2.45) is 5.92 Å². The average Bonchev–Trinajstić information content (AvgIpc) is 3.41. The number of nitrogens with two attached hydrogens (primary N) is 1. The van der Waals surface area contributed by atoms with E-state index in [1.54, 1.807) is 11.8 Å². The number of nitrogens with zero attached hydrogens (tertiary/aromatic N) is 5. The normalized spacial score (nSPS) is 24.5. The molecule has 2 fully saturated rings. The number of rotatable bonds is 5. The number of ether oxygens (including phenoxy) is 2. The number of hydrogen-bond donors (Lipinski definition) is 1. The number of hydrogen-bond acceptors (Lipinski definition) is 8. The van der Waals surface area contributed by atoms with Gasteiger partial charge in [-0.15, -0.1) is 0 Å². The van der Waals surface area contributed by atoms with Crippen LogP contribution in [0.1, 0.15) is 32.1 Å². The minimum absolute atomic E-state index is 0.249. The van der Waals surface area contributed by atoms with Crippen molar-refractivity contribution in [3.63, 3.8) is 0 Å². The number of aromatic nitrogens is 4. The number of anilines is 1. The molecule has 1 aromatic carbocycles. The van der Waals surface area contributed by atoms with Crippen molar-refractivity contribution in [3.8, 4) is 11.5 Å². The van der Waals surface area contributed by atoms with E-state index in [1.165, 1.54) is 32.0 Å². The van der Waals surface area contributed by atoms with Gasteiger partial charge in [-0.2, -0.15) is 0 Å². The zero-order chi connectivity index (χ0) is 21.8. The molecule has 3 aliphatic heterocycles. The molecular weight excluding hydrogens is 492 g/mol. The Hall–Kier alpha value is -2.04. The summed E-state index contributed by atoms with van der Waals surface area (Å²) in [5.74, 6) is 2.65. The second-order valence-corrected chi connectivity index (χ2v) is 10.8. The van der Waals surface area contributed by atoms with Crippen LogP contribution in [0.3, 0.4) is 0 Å². The maximum Gasteiger partial charge on any atom is 0.231 e. The molecule has 10 heteroatoms. The van der Waals surface area contributed by atoms with Crippen molar-refractivity contribution >= 4 is 44.7 Å². The number of benzene rings is 1. The summed E-state index contributed by atoms with van der Waals surface area (Å²) < 4.78 is 14.2. The van der Waals surface area contributed by atoms with Crippen LogP contribution in [-0.2, 0) is 6.54 Å². The summed E-state index contributed by atoms with van der Waals surface area (Å²) in [6, 6.07) is 5.43. The molecule has 0 aliphatic carbocycles. The lowest BCUT2D eigenvalue weighted by atomic mass is 9.88. The van der Waals surface area contributed by atoms with Crippen molar-refractivity contribution in [2.45, 2.75) is 60.8 Å². The lowest BCUT2D eigenvalue weighted by molar-refractivity contribution is 0.127. The van der Waals surface area contributed by atoms with E-state index >= 15 is 0 Å². The van der Waals surface area contributed by atoms with Gasteiger partial charge in [0.1, 0.15) is 6.33 Å². The maximum atomic E-state index is 6.15. The summed E-state index contributed by atoms with van der Waals surface area (Å²) in [6.45, 7) is 1.12. The summed E-state index contributed by atoms with van der Waals surface area (Å²) >= 11 is 5.25. The first-order valence-corrected chi connectivity index (χ1v) is 12.6. The van der Waals surface area contributed by atoms with Crippen molar-refractivity contribution in [2.75, 3.05) is 19.6 Å². The molecule has 0 spiro atoms. The molecule has 2 saturated heterocycles. The van der Waals surface area contributed by atoms with Crippen LogP contribution in [0, 0.1) is 5.92 Å². The Morgan fingerprint density at radius 1 is 1.16 bits per heavy atom. The molecule has 0 saturated carbocycles. The van der Waals surface area contributed by atoms with Crippen LogP contribution in [0.2, 0.25) is 0 Å². The van der Waals surface area contributed by atoms with Crippen molar-refractivity contribution in [1.29, 1.82) is 0 Å². The summed E-state index contributed by atoms with van der Waals surface area (Å²) in [5, 5.41) is 0.864. The van der Waals surface area contributed by atoms with Crippen LogP contribution >= 0.6 is 27.7 Å². The Bertz CT molecular complexity index is 1170. The predicted molar refractivity (Wildman–Crippen MR) is 126 cm³/mol. The lowest BCUT2D eigenvalue weighted by Crippen LogP contribution is -2.40. The van der Waals surface area contributed by atoms with Crippen LogP contribution in [0.15, 0.2) is 33.0 Å². The van der Waals surface area contributed by atoms with E-state index in [1.807, 2.05) is 12.1 Å². The molecule has 3 atom stereocenters. The highest BCUT2D eigenvalue weighted by Crippen LogP contribution is 2.44. The van der Waals surface area contributed by atoms with E-state index in [-0.39, 0.29) is 6.79 Å². The van der Waals surface area contributed by atoms with Crippen LogP contribution in [0.25, 0.3) is 11.2 Å². The number of piperidine rings is 1. The fraction of sp³-hybridized carbons (Fsp3) is 0.500. The highest BCUT2D eigenvalue weighted by molar-refractivity contribution is 9.10. The fourth-order valence-electron chi connectivity index (χ4n) is 5.36. The lowest BCUT2D eigenvalue weighted by Gasteiger charge is -2.36. The summed E-state index contributed by atoms with van der Waals surface area (Å²) in [5.41, 5.74) is 7.61. The summed E-state index contributed by atoms with van der Waals surface area (Å²) in [6.07, 6.45) is 7.89. The van der Waals surface area contributed by atoms with Crippen LogP contribution in [0.5, 0.6) is 11.5 Å². The van der Waals surface area contributed by atoms with E-state index in [2.05, 4.69) is 42.4 Å². The van der Waals surface area contributed by atoms with Gasteiger partial charge in [0.05, 0.1) is 0 Å². The Kier molecular flexibility index (Phi) is 5.19. The van der Waals surface area contributed by atoms with Gasteiger partial charge in [0.15, 0.2) is 33.6 Å². The predicted octanol–water partition coefficient (Wildman–Crippen LogP) is 4.31. The highest BCUT2D eigenvalue weighted by Gasteiger charge is 2.38. The molecule has 3 aromatic rings. The standard InChI is InChI=1S/C22H25BrN6O2S/c1-28-13-2-3-14(28)7-12(6-13)4-5-29-21-19(20(24)25-10-26-21)27-22(29)32-18-9-17-16(8-15(18)23)30-11-31-17/h8-10,12-14H,2-7,11H2,1H3,(H2,24,25,26)/t12-,13+,14-. The van der Waals surface area contributed by atoms with Crippen molar-refractivity contribution in [1.82, 2.24) is 24.4 Å². The third-order valence-corrected chi connectivity index (χ3v) is 9.08. The SMILES string of the molecule is CN1[C@@H]2CC[C@H]1C[C@@H](CCn1c(Sc3cc4c(cc3Br)OCO4)nc3c(N)ncnc31)C2. The highest BCUT2D eigenvalue weighted by atomic mass is 79.9. The van der Waals surface area contributed by atoms with Gasteiger partial charge in [0.2, 0.25) is 6.79 Å². The minimum Gasteiger partial charge on any atom is -0.454 e. The number of halogens is 1. The number of nitrogen functional groups attached to an aromatic ring is 1. The molecule has 5 heterocycles. The molecule has 6 rings (SSSR count). The van der Waals surface area contributed by atoms with Gasteiger partial charge >= 0.3 is 0 Å². The monoisotopic (exact) mass is 516 g/mol.